The topological polar surface area (TPSA) is 59.8 Å². The first-order valence-electron chi connectivity index (χ1n) is 7.75. The molecule has 128 valence electrons. The third kappa shape index (κ3) is 5.17. The van der Waals surface area contributed by atoms with Gasteiger partial charge in [0.2, 0.25) is 5.91 Å². The molecule has 0 saturated carbocycles. The summed E-state index contributed by atoms with van der Waals surface area (Å²) in [5.41, 5.74) is 1.06. The van der Waals surface area contributed by atoms with Crippen LogP contribution < -0.4 is 5.32 Å². The second-order valence-electron chi connectivity index (χ2n) is 5.46. The molecule has 1 N–H and O–H groups in total. The van der Waals surface area contributed by atoms with Gasteiger partial charge in [0.1, 0.15) is 0 Å². The van der Waals surface area contributed by atoms with Crippen molar-refractivity contribution in [3.8, 4) is 0 Å². The Balaban J connectivity index is 1.56. The van der Waals surface area contributed by atoms with Gasteiger partial charge >= 0.3 is 0 Å². The monoisotopic (exact) mass is 416 g/mol. The number of nitrogens with zero attached hydrogens (tertiary/aromatic N) is 3. The third-order valence-electron chi connectivity index (χ3n) is 3.46. The minimum absolute atomic E-state index is 0.0699. The van der Waals surface area contributed by atoms with Gasteiger partial charge in [0.25, 0.3) is 0 Å². The van der Waals surface area contributed by atoms with Gasteiger partial charge in [-0.25, -0.2) is 0 Å². The van der Waals surface area contributed by atoms with Gasteiger partial charge in [-0.3, -0.25) is 14.5 Å². The average Bonchev–Trinajstić information content (AvgIpc) is 3.04. The summed E-state index contributed by atoms with van der Waals surface area (Å²) in [6, 6.07) is 13.6. The molecule has 2 heterocycles. The smallest absolute Gasteiger partial charge is 0.238 e. The van der Waals surface area contributed by atoms with Crippen LogP contribution in [0.25, 0.3) is 0 Å². The van der Waals surface area contributed by atoms with Gasteiger partial charge in [0.15, 0.2) is 5.82 Å². The lowest BCUT2D eigenvalue weighted by atomic mass is 10.3. The standard InChI is InChI=1S/C18H17BrN4OS/c1-13(25-16-6-4-15(19)5-7-16)18(24)21-17-8-10-23(22-17)12-14-3-2-9-20-11-14/h2-11,13H,12H2,1H3,(H,21,22,24). The van der Waals surface area contributed by atoms with E-state index in [-0.39, 0.29) is 11.2 Å². The second kappa shape index (κ2) is 8.31. The van der Waals surface area contributed by atoms with Crippen LogP contribution in [0.5, 0.6) is 0 Å². The molecule has 7 heteroatoms. The number of amides is 1. The van der Waals surface area contributed by atoms with Gasteiger partial charge in [-0.15, -0.1) is 11.8 Å². The van der Waals surface area contributed by atoms with E-state index < -0.39 is 0 Å². The van der Waals surface area contributed by atoms with Crippen molar-refractivity contribution in [1.82, 2.24) is 14.8 Å². The number of benzene rings is 1. The number of halogens is 1. The Morgan fingerprint density at radius 2 is 2.08 bits per heavy atom. The van der Waals surface area contributed by atoms with Crippen molar-refractivity contribution in [3.05, 3.63) is 71.1 Å². The summed E-state index contributed by atoms with van der Waals surface area (Å²) in [5.74, 6) is 0.483. The zero-order valence-corrected chi connectivity index (χ0v) is 16.0. The molecule has 3 rings (SSSR count). The summed E-state index contributed by atoms with van der Waals surface area (Å²) in [4.78, 5) is 17.5. The molecular weight excluding hydrogens is 400 g/mol. The fourth-order valence-corrected chi connectivity index (χ4v) is 3.33. The number of aromatic nitrogens is 3. The van der Waals surface area contributed by atoms with Crippen molar-refractivity contribution in [2.75, 3.05) is 5.32 Å². The molecule has 1 amide bonds. The molecular formula is C18H17BrN4OS. The van der Waals surface area contributed by atoms with Crippen LogP contribution in [0.1, 0.15) is 12.5 Å². The summed E-state index contributed by atoms with van der Waals surface area (Å²) < 4.78 is 2.80. The van der Waals surface area contributed by atoms with Gasteiger partial charge in [0.05, 0.1) is 11.8 Å². The third-order valence-corrected chi connectivity index (χ3v) is 5.10. The Bertz CT molecular complexity index is 836. The quantitative estimate of drug-likeness (QED) is 0.611. The molecule has 0 spiro atoms. The zero-order chi connectivity index (χ0) is 17.6. The van der Waals surface area contributed by atoms with E-state index in [4.69, 9.17) is 0 Å². The Morgan fingerprint density at radius 1 is 1.28 bits per heavy atom. The molecule has 1 aromatic carbocycles. The predicted molar refractivity (Wildman–Crippen MR) is 104 cm³/mol. The number of rotatable bonds is 6. The number of thioether (sulfide) groups is 1. The highest BCUT2D eigenvalue weighted by Gasteiger charge is 2.15. The highest BCUT2D eigenvalue weighted by atomic mass is 79.9. The average molecular weight is 417 g/mol. The molecule has 2 aromatic heterocycles. The number of hydrogen-bond acceptors (Lipinski definition) is 4. The SMILES string of the molecule is CC(Sc1ccc(Br)cc1)C(=O)Nc1ccn(Cc2cccnc2)n1. The molecule has 3 aromatic rings. The Morgan fingerprint density at radius 3 is 2.80 bits per heavy atom. The highest BCUT2D eigenvalue weighted by Crippen LogP contribution is 2.25. The number of anilines is 1. The van der Waals surface area contributed by atoms with Crippen LogP contribution >= 0.6 is 27.7 Å². The molecule has 0 fully saturated rings. The van der Waals surface area contributed by atoms with Crippen molar-refractivity contribution in [2.45, 2.75) is 23.6 Å². The van der Waals surface area contributed by atoms with Crippen molar-refractivity contribution in [2.24, 2.45) is 0 Å². The fraction of sp³-hybridized carbons (Fsp3) is 0.167. The van der Waals surface area contributed by atoms with Crippen LogP contribution in [0, 0.1) is 0 Å². The maximum atomic E-state index is 12.4. The van der Waals surface area contributed by atoms with Crippen LogP contribution in [-0.2, 0) is 11.3 Å². The minimum atomic E-state index is -0.218. The van der Waals surface area contributed by atoms with Crippen LogP contribution in [0.2, 0.25) is 0 Å². The van der Waals surface area contributed by atoms with Gasteiger partial charge < -0.3 is 5.32 Å². The van der Waals surface area contributed by atoms with Gasteiger partial charge in [-0.05, 0) is 42.8 Å². The summed E-state index contributed by atoms with van der Waals surface area (Å²) in [5, 5.41) is 7.03. The first-order valence-corrected chi connectivity index (χ1v) is 9.43. The van der Waals surface area contributed by atoms with E-state index in [1.807, 2.05) is 49.5 Å². The molecule has 0 radical (unpaired) electrons. The molecule has 0 bridgehead atoms. The first kappa shape index (κ1) is 17.7. The van der Waals surface area contributed by atoms with Crippen molar-refractivity contribution in [3.63, 3.8) is 0 Å². The van der Waals surface area contributed by atoms with Crippen molar-refractivity contribution < 1.29 is 4.79 Å². The Labute approximate surface area is 159 Å². The molecule has 0 aliphatic carbocycles. The molecule has 25 heavy (non-hydrogen) atoms. The second-order valence-corrected chi connectivity index (χ2v) is 7.79. The lowest BCUT2D eigenvalue weighted by Gasteiger charge is -2.10. The Hall–Kier alpha value is -2.12. The lowest BCUT2D eigenvalue weighted by molar-refractivity contribution is -0.115. The Kier molecular flexibility index (Phi) is 5.88. The summed E-state index contributed by atoms with van der Waals surface area (Å²) in [7, 11) is 0. The van der Waals surface area contributed by atoms with Crippen LogP contribution in [0.3, 0.4) is 0 Å². The predicted octanol–water partition coefficient (Wildman–Crippen LogP) is 4.21. The normalized spacial score (nSPS) is 11.9. The number of nitrogens with one attached hydrogen (secondary N) is 1. The summed E-state index contributed by atoms with van der Waals surface area (Å²) in [6.07, 6.45) is 5.38. The van der Waals surface area contributed by atoms with E-state index >= 15 is 0 Å². The number of hydrogen-bond donors (Lipinski definition) is 1. The maximum absolute atomic E-state index is 12.4. The van der Waals surface area contributed by atoms with E-state index in [2.05, 4.69) is 31.3 Å². The molecule has 1 atom stereocenters. The van der Waals surface area contributed by atoms with Crippen LogP contribution in [-0.4, -0.2) is 25.9 Å². The molecule has 0 aliphatic heterocycles. The molecule has 1 unspecified atom stereocenters. The van der Waals surface area contributed by atoms with Gasteiger partial charge in [0, 0.05) is 34.0 Å². The number of carbonyl (C=O) groups is 1. The summed E-state index contributed by atoms with van der Waals surface area (Å²) >= 11 is 4.92. The van der Waals surface area contributed by atoms with E-state index in [9.17, 15) is 4.79 Å². The van der Waals surface area contributed by atoms with Crippen LogP contribution in [0.4, 0.5) is 5.82 Å². The van der Waals surface area contributed by atoms with Crippen LogP contribution in [0.15, 0.2) is 70.4 Å². The molecule has 0 saturated heterocycles. The number of carbonyl (C=O) groups excluding carboxylic acids is 1. The van der Waals surface area contributed by atoms with Gasteiger partial charge in [-0.2, -0.15) is 5.10 Å². The molecule has 5 nitrogen and oxygen atoms in total. The van der Waals surface area contributed by atoms with E-state index in [0.717, 1.165) is 14.9 Å². The maximum Gasteiger partial charge on any atom is 0.238 e. The van der Waals surface area contributed by atoms with Crippen molar-refractivity contribution in [1.29, 1.82) is 0 Å². The van der Waals surface area contributed by atoms with E-state index in [1.165, 1.54) is 11.8 Å². The highest BCUT2D eigenvalue weighted by molar-refractivity contribution is 9.10. The summed E-state index contributed by atoms with van der Waals surface area (Å²) in [6.45, 7) is 2.50. The van der Waals surface area contributed by atoms with Gasteiger partial charge in [-0.1, -0.05) is 22.0 Å². The molecule has 0 aliphatic rings. The minimum Gasteiger partial charge on any atom is -0.308 e. The fourth-order valence-electron chi connectivity index (χ4n) is 2.19. The van der Waals surface area contributed by atoms with E-state index in [0.29, 0.717) is 12.4 Å². The number of pyridine rings is 1. The largest absolute Gasteiger partial charge is 0.308 e. The van der Waals surface area contributed by atoms with Crippen molar-refractivity contribution >= 4 is 39.4 Å². The first-order chi connectivity index (χ1) is 12.1. The lowest BCUT2D eigenvalue weighted by Crippen LogP contribution is -2.22. The zero-order valence-electron chi connectivity index (χ0n) is 13.6. The van der Waals surface area contributed by atoms with E-state index in [1.54, 1.807) is 23.1 Å².